The van der Waals surface area contributed by atoms with Gasteiger partial charge in [0.1, 0.15) is 5.82 Å². The average molecular weight is 403 g/mol. The number of amides is 2. The van der Waals surface area contributed by atoms with Crippen molar-refractivity contribution in [3.8, 4) is 0 Å². The molecule has 2 amide bonds. The lowest BCUT2D eigenvalue weighted by Gasteiger charge is -2.37. The molecule has 5 nitrogen and oxygen atoms in total. The number of anilines is 1. The Morgan fingerprint density at radius 3 is 1.93 bits per heavy atom. The minimum Gasteiger partial charge on any atom is -0.369 e. The maximum Gasteiger partial charge on any atom is 0.261 e. The normalized spacial score (nSPS) is 17.1. The number of hydrogen-bond donors (Lipinski definition) is 0. The van der Waals surface area contributed by atoms with Crippen molar-refractivity contribution in [1.82, 2.24) is 9.80 Å². The lowest BCUT2D eigenvalue weighted by atomic mass is 9.94. The molecule has 0 spiro atoms. The van der Waals surface area contributed by atoms with Crippen molar-refractivity contribution < 1.29 is 14.0 Å². The monoisotopic (exact) mass is 403 g/mol. The first-order valence-electron chi connectivity index (χ1n) is 10.2. The molecular formula is C24H22FN3O2. The molecular weight excluding hydrogens is 381 g/mol. The minimum absolute atomic E-state index is 0.214. The molecule has 0 unspecified atom stereocenters. The van der Waals surface area contributed by atoms with Crippen molar-refractivity contribution in [2.45, 2.75) is 0 Å². The highest BCUT2D eigenvalue weighted by Crippen LogP contribution is 2.29. The van der Waals surface area contributed by atoms with E-state index in [2.05, 4.69) is 9.80 Å². The van der Waals surface area contributed by atoms with E-state index in [4.69, 9.17) is 0 Å². The maximum absolute atomic E-state index is 13.1. The molecule has 3 aromatic carbocycles. The molecule has 6 heteroatoms. The molecule has 0 aliphatic carbocycles. The summed E-state index contributed by atoms with van der Waals surface area (Å²) in [5.41, 5.74) is 2.22. The van der Waals surface area contributed by atoms with Gasteiger partial charge >= 0.3 is 0 Å². The zero-order valence-electron chi connectivity index (χ0n) is 16.6. The molecule has 0 saturated carbocycles. The zero-order valence-corrected chi connectivity index (χ0v) is 16.6. The molecule has 1 saturated heterocycles. The molecule has 0 N–H and O–H groups in total. The molecule has 152 valence electrons. The van der Waals surface area contributed by atoms with Gasteiger partial charge in [-0.1, -0.05) is 24.3 Å². The topological polar surface area (TPSA) is 43.9 Å². The van der Waals surface area contributed by atoms with Gasteiger partial charge in [0.05, 0.1) is 0 Å². The van der Waals surface area contributed by atoms with Gasteiger partial charge in [-0.2, -0.15) is 0 Å². The van der Waals surface area contributed by atoms with Gasteiger partial charge in [0.2, 0.25) is 0 Å². The Hall–Kier alpha value is -3.25. The number of rotatable bonds is 4. The van der Waals surface area contributed by atoms with E-state index >= 15 is 0 Å². The summed E-state index contributed by atoms with van der Waals surface area (Å²) in [6.07, 6.45) is 0. The summed E-state index contributed by atoms with van der Waals surface area (Å²) in [6.45, 7) is 4.34. The third-order valence-corrected chi connectivity index (χ3v) is 6.06. The molecule has 0 atom stereocenters. The van der Waals surface area contributed by atoms with Crippen molar-refractivity contribution in [1.29, 1.82) is 0 Å². The Balaban J connectivity index is 1.25. The van der Waals surface area contributed by atoms with Crippen LogP contribution < -0.4 is 4.90 Å². The predicted molar refractivity (Wildman–Crippen MR) is 114 cm³/mol. The summed E-state index contributed by atoms with van der Waals surface area (Å²) >= 11 is 0. The van der Waals surface area contributed by atoms with Crippen molar-refractivity contribution >= 4 is 28.3 Å². The molecule has 0 aromatic heterocycles. The molecule has 5 rings (SSSR count). The quantitative estimate of drug-likeness (QED) is 0.627. The molecule has 2 aliphatic rings. The second kappa shape index (κ2) is 7.54. The van der Waals surface area contributed by atoms with Crippen LogP contribution in [0, 0.1) is 5.82 Å². The van der Waals surface area contributed by atoms with E-state index in [1.54, 1.807) is 24.3 Å². The highest BCUT2D eigenvalue weighted by Gasteiger charge is 2.32. The average Bonchev–Trinajstić information content (AvgIpc) is 2.78. The summed E-state index contributed by atoms with van der Waals surface area (Å²) in [7, 11) is 0. The van der Waals surface area contributed by atoms with Gasteiger partial charge in [0.15, 0.2) is 0 Å². The molecule has 0 bridgehead atoms. The van der Waals surface area contributed by atoms with Crippen LogP contribution >= 0.6 is 0 Å². The standard InChI is InChI=1S/C24H22FN3O2/c25-18-7-9-19(10-8-18)27-14-11-26(12-15-27)13-16-28-23(29)20-5-1-3-17-4-2-6-21(22(17)20)24(28)30/h1-10H,11-16H2. The molecule has 3 aromatic rings. The highest BCUT2D eigenvalue weighted by molar-refractivity contribution is 6.25. The summed E-state index contributed by atoms with van der Waals surface area (Å²) in [5, 5.41) is 1.68. The van der Waals surface area contributed by atoms with Gasteiger partial charge < -0.3 is 4.90 Å². The maximum atomic E-state index is 13.1. The molecule has 30 heavy (non-hydrogen) atoms. The second-order valence-electron chi connectivity index (χ2n) is 7.78. The lowest BCUT2D eigenvalue weighted by molar-refractivity contribution is 0.0591. The highest BCUT2D eigenvalue weighted by atomic mass is 19.1. The van der Waals surface area contributed by atoms with E-state index < -0.39 is 0 Å². The smallest absolute Gasteiger partial charge is 0.261 e. The van der Waals surface area contributed by atoms with Gasteiger partial charge in [0.25, 0.3) is 11.8 Å². The summed E-state index contributed by atoms with van der Waals surface area (Å²) in [5.74, 6) is -0.658. The van der Waals surface area contributed by atoms with E-state index in [1.165, 1.54) is 17.0 Å². The summed E-state index contributed by atoms with van der Waals surface area (Å²) in [4.78, 5) is 31.9. The van der Waals surface area contributed by atoms with Gasteiger partial charge in [0, 0.05) is 61.5 Å². The first-order chi connectivity index (χ1) is 14.6. The first kappa shape index (κ1) is 18.8. The number of benzene rings is 3. The second-order valence-corrected chi connectivity index (χ2v) is 7.78. The Kier molecular flexibility index (Phi) is 4.71. The fourth-order valence-corrected chi connectivity index (χ4v) is 4.41. The summed E-state index contributed by atoms with van der Waals surface area (Å²) in [6, 6.07) is 17.7. The lowest BCUT2D eigenvalue weighted by Crippen LogP contribution is -2.50. The van der Waals surface area contributed by atoms with Crippen LogP contribution in [0.1, 0.15) is 20.7 Å². The third-order valence-electron chi connectivity index (χ3n) is 6.06. The number of nitrogens with zero attached hydrogens (tertiary/aromatic N) is 3. The van der Waals surface area contributed by atoms with Gasteiger partial charge in [-0.3, -0.25) is 19.4 Å². The molecule has 1 fully saturated rings. The van der Waals surface area contributed by atoms with Gasteiger partial charge in [-0.05, 0) is 41.8 Å². The van der Waals surface area contributed by atoms with Gasteiger partial charge in [-0.25, -0.2) is 4.39 Å². The van der Waals surface area contributed by atoms with E-state index in [9.17, 15) is 14.0 Å². The minimum atomic E-state index is -0.231. The number of piperazine rings is 1. The van der Waals surface area contributed by atoms with Crippen LogP contribution in [0.3, 0.4) is 0 Å². The zero-order chi connectivity index (χ0) is 20.7. The third kappa shape index (κ3) is 3.23. The Labute approximate surface area is 174 Å². The molecule has 2 aliphatic heterocycles. The Morgan fingerprint density at radius 2 is 1.33 bits per heavy atom. The number of carbonyl (C=O) groups excluding carboxylic acids is 2. The van der Waals surface area contributed by atoms with E-state index in [0.717, 1.165) is 42.6 Å². The van der Waals surface area contributed by atoms with Crippen LogP contribution in [0.4, 0.5) is 10.1 Å². The van der Waals surface area contributed by atoms with E-state index in [0.29, 0.717) is 24.2 Å². The van der Waals surface area contributed by atoms with Crippen LogP contribution in [0.25, 0.3) is 10.8 Å². The van der Waals surface area contributed by atoms with Crippen LogP contribution in [-0.2, 0) is 0 Å². The largest absolute Gasteiger partial charge is 0.369 e. The SMILES string of the molecule is O=C1c2cccc3cccc(c23)C(=O)N1CCN1CCN(c2ccc(F)cc2)CC1. The summed E-state index contributed by atoms with van der Waals surface area (Å²) < 4.78 is 13.1. The van der Waals surface area contributed by atoms with Crippen LogP contribution in [0.5, 0.6) is 0 Å². The Bertz CT molecular complexity index is 1070. The van der Waals surface area contributed by atoms with Crippen molar-refractivity contribution in [3.63, 3.8) is 0 Å². The Morgan fingerprint density at radius 1 is 0.733 bits per heavy atom. The number of carbonyl (C=O) groups is 2. The molecule has 0 radical (unpaired) electrons. The fraction of sp³-hybridized carbons (Fsp3) is 0.250. The van der Waals surface area contributed by atoms with Gasteiger partial charge in [-0.15, -0.1) is 0 Å². The first-order valence-corrected chi connectivity index (χ1v) is 10.2. The van der Waals surface area contributed by atoms with E-state index in [1.807, 2.05) is 24.3 Å². The number of halogens is 1. The van der Waals surface area contributed by atoms with Crippen LogP contribution in [-0.4, -0.2) is 60.9 Å². The number of imide groups is 1. The number of hydrogen-bond acceptors (Lipinski definition) is 4. The van der Waals surface area contributed by atoms with Crippen molar-refractivity contribution in [3.05, 3.63) is 77.6 Å². The predicted octanol–water partition coefficient (Wildman–Crippen LogP) is 3.40. The van der Waals surface area contributed by atoms with Crippen molar-refractivity contribution in [2.75, 3.05) is 44.2 Å². The van der Waals surface area contributed by atoms with E-state index in [-0.39, 0.29) is 17.6 Å². The molecule has 2 heterocycles. The van der Waals surface area contributed by atoms with Crippen LogP contribution in [0.2, 0.25) is 0 Å². The fourth-order valence-electron chi connectivity index (χ4n) is 4.41. The van der Waals surface area contributed by atoms with Crippen molar-refractivity contribution in [2.24, 2.45) is 0 Å². The van der Waals surface area contributed by atoms with Crippen LogP contribution in [0.15, 0.2) is 60.7 Å².